The number of amides is 1. The Morgan fingerprint density at radius 3 is 2.50 bits per heavy atom. The summed E-state index contributed by atoms with van der Waals surface area (Å²) in [5.74, 6) is 1.22. The molecule has 0 saturated carbocycles. The van der Waals surface area contributed by atoms with Crippen molar-refractivity contribution in [2.75, 3.05) is 37.6 Å². The first-order chi connectivity index (χ1) is 14.7. The van der Waals surface area contributed by atoms with Crippen molar-refractivity contribution >= 4 is 11.9 Å². The van der Waals surface area contributed by atoms with E-state index in [1.54, 1.807) is 17.3 Å². The van der Waals surface area contributed by atoms with Crippen molar-refractivity contribution in [3.63, 3.8) is 0 Å². The van der Waals surface area contributed by atoms with E-state index in [0.717, 1.165) is 37.7 Å². The Hall–Kier alpha value is -3.26. The minimum absolute atomic E-state index is 0.109. The number of nitrogens with zero attached hydrogens (tertiary/aromatic N) is 6. The van der Waals surface area contributed by atoms with Gasteiger partial charge in [-0.05, 0) is 18.6 Å². The number of benzene rings is 1. The maximum Gasteiger partial charge on any atom is 0.276 e. The molecule has 1 amide bonds. The zero-order chi connectivity index (χ0) is 20.8. The molecule has 30 heavy (non-hydrogen) atoms. The highest BCUT2D eigenvalue weighted by Gasteiger charge is 2.22. The molecule has 1 fully saturated rings. The molecule has 0 spiro atoms. The van der Waals surface area contributed by atoms with Crippen LogP contribution >= 0.6 is 0 Å². The first kappa shape index (κ1) is 20.0. The van der Waals surface area contributed by atoms with Crippen LogP contribution < -0.4 is 4.90 Å². The molecule has 1 aromatic carbocycles. The van der Waals surface area contributed by atoms with Gasteiger partial charge in [0.25, 0.3) is 5.91 Å². The zero-order valence-electron chi connectivity index (χ0n) is 17.1. The topological polar surface area (TPSA) is 78.6 Å². The van der Waals surface area contributed by atoms with E-state index in [1.807, 2.05) is 43.3 Å². The second-order valence-corrected chi connectivity index (χ2v) is 7.24. The molecule has 0 N–H and O–H groups in total. The van der Waals surface area contributed by atoms with Crippen molar-refractivity contribution < 1.29 is 9.21 Å². The highest BCUT2D eigenvalue weighted by molar-refractivity contribution is 5.91. The normalized spacial score (nSPS) is 14.6. The van der Waals surface area contributed by atoms with E-state index >= 15 is 0 Å². The lowest BCUT2D eigenvalue weighted by Crippen LogP contribution is -2.46. The van der Waals surface area contributed by atoms with E-state index in [1.165, 1.54) is 6.26 Å². The average Bonchev–Trinajstić information content (AvgIpc) is 3.27. The second kappa shape index (κ2) is 9.49. The quantitative estimate of drug-likeness (QED) is 0.596. The van der Waals surface area contributed by atoms with Gasteiger partial charge in [0.05, 0.1) is 6.54 Å². The fraction of sp³-hybridized carbons (Fsp3) is 0.364. The Morgan fingerprint density at radius 2 is 1.80 bits per heavy atom. The Balaban J connectivity index is 1.32. The monoisotopic (exact) mass is 406 g/mol. The molecule has 1 aliphatic rings. The standard InChI is InChI=1S/C22H26N6O2/c1-2-27(15-18-7-4-3-5-8-18)21(29)19-17-30-20(25-19)16-26-11-13-28(14-12-26)22-23-9-6-10-24-22/h3-10,17H,2,11-16H2,1H3. The number of carbonyl (C=O) groups excluding carboxylic acids is 1. The van der Waals surface area contributed by atoms with Crippen LogP contribution in [0.5, 0.6) is 0 Å². The van der Waals surface area contributed by atoms with Crippen molar-refractivity contribution in [2.24, 2.45) is 0 Å². The van der Waals surface area contributed by atoms with Gasteiger partial charge in [0.2, 0.25) is 11.8 Å². The summed E-state index contributed by atoms with van der Waals surface area (Å²) in [4.78, 5) is 32.1. The van der Waals surface area contributed by atoms with Gasteiger partial charge in [0.15, 0.2) is 5.69 Å². The fourth-order valence-electron chi connectivity index (χ4n) is 3.53. The summed E-state index contributed by atoms with van der Waals surface area (Å²) in [7, 11) is 0. The van der Waals surface area contributed by atoms with Crippen LogP contribution in [-0.4, -0.2) is 63.4 Å². The van der Waals surface area contributed by atoms with E-state index < -0.39 is 0 Å². The van der Waals surface area contributed by atoms with Crippen LogP contribution in [0.15, 0.2) is 59.5 Å². The van der Waals surface area contributed by atoms with E-state index in [9.17, 15) is 4.79 Å². The van der Waals surface area contributed by atoms with Gasteiger partial charge in [-0.25, -0.2) is 15.0 Å². The number of oxazole rings is 1. The van der Waals surface area contributed by atoms with Crippen molar-refractivity contribution in [1.29, 1.82) is 0 Å². The number of hydrogen-bond acceptors (Lipinski definition) is 7. The summed E-state index contributed by atoms with van der Waals surface area (Å²) < 4.78 is 5.61. The molecule has 3 aromatic rings. The molecular formula is C22H26N6O2. The van der Waals surface area contributed by atoms with Crippen LogP contribution in [0.3, 0.4) is 0 Å². The first-order valence-corrected chi connectivity index (χ1v) is 10.2. The summed E-state index contributed by atoms with van der Waals surface area (Å²) in [6.45, 7) is 7.13. The summed E-state index contributed by atoms with van der Waals surface area (Å²) in [6, 6.07) is 11.8. The predicted molar refractivity (Wildman–Crippen MR) is 113 cm³/mol. The van der Waals surface area contributed by atoms with E-state index in [2.05, 4.69) is 24.8 Å². The van der Waals surface area contributed by atoms with Gasteiger partial charge in [0.1, 0.15) is 6.26 Å². The van der Waals surface area contributed by atoms with Gasteiger partial charge in [-0.1, -0.05) is 30.3 Å². The third-order valence-corrected chi connectivity index (χ3v) is 5.22. The number of aromatic nitrogens is 3. The number of hydrogen-bond donors (Lipinski definition) is 0. The van der Waals surface area contributed by atoms with Gasteiger partial charge >= 0.3 is 0 Å². The van der Waals surface area contributed by atoms with Crippen LogP contribution in [-0.2, 0) is 13.1 Å². The molecule has 1 saturated heterocycles. The average molecular weight is 406 g/mol. The van der Waals surface area contributed by atoms with Crippen molar-refractivity contribution in [1.82, 2.24) is 24.8 Å². The van der Waals surface area contributed by atoms with Crippen LogP contribution in [0.25, 0.3) is 0 Å². The molecular weight excluding hydrogens is 380 g/mol. The minimum atomic E-state index is -0.109. The molecule has 0 atom stereocenters. The smallest absolute Gasteiger partial charge is 0.276 e. The van der Waals surface area contributed by atoms with Crippen LogP contribution in [0.4, 0.5) is 5.95 Å². The lowest BCUT2D eigenvalue weighted by molar-refractivity contribution is 0.0746. The summed E-state index contributed by atoms with van der Waals surface area (Å²) in [6.07, 6.45) is 4.99. The van der Waals surface area contributed by atoms with Crippen molar-refractivity contribution in [3.8, 4) is 0 Å². The molecule has 3 heterocycles. The van der Waals surface area contributed by atoms with Crippen molar-refractivity contribution in [2.45, 2.75) is 20.0 Å². The van der Waals surface area contributed by atoms with E-state index in [4.69, 9.17) is 4.42 Å². The number of anilines is 1. The number of piperazine rings is 1. The maximum atomic E-state index is 12.9. The Morgan fingerprint density at radius 1 is 1.07 bits per heavy atom. The molecule has 8 heteroatoms. The first-order valence-electron chi connectivity index (χ1n) is 10.2. The SMILES string of the molecule is CCN(Cc1ccccc1)C(=O)c1coc(CN2CCN(c3ncccn3)CC2)n1. The lowest BCUT2D eigenvalue weighted by Gasteiger charge is -2.33. The predicted octanol–water partition coefficient (Wildman–Crippen LogP) is 2.45. The van der Waals surface area contributed by atoms with Crippen LogP contribution in [0.2, 0.25) is 0 Å². The van der Waals surface area contributed by atoms with Gasteiger partial charge < -0.3 is 14.2 Å². The third-order valence-electron chi connectivity index (χ3n) is 5.22. The van der Waals surface area contributed by atoms with Crippen molar-refractivity contribution in [3.05, 3.63) is 72.2 Å². The van der Waals surface area contributed by atoms with Gasteiger partial charge in [-0.15, -0.1) is 0 Å². The van der Waals surface area contributed by atoms with Crippen LogP contribution in [0, 0.1) is 0 Å². The number of carbonyl (C=O) groups is 1. The minimum Gasteiger partial charge on any atom is -0.447 e. The molecule has 0 bridgehead atoms. The molecule has 0 radical (unpaired) electrons. The molecule has 1 aliphatic heterocycles. The molecule has 8 nitrogen and oxygen atoms in total. The van der Waals surface area contributed by atoms with Gasteiger partial charge in [-0.3, -0.25) is 9.69 Å². The Bertz CT molecular complexity index is 939. The van der Waals surface area contributed by atoms with Crippen LogP contribution in [0.1, 0.15) is 28.9 Å². The Labute approximate surface area is 176 Å². The molecule has 0 aliphatic carbocycles. The largest absolute Gasteiger partial charge is 0.447 e. The fourth-order valence-corrected chi connectivity index (χ4v) is 3.53. The van der Waals surface area contributed by atoms with E-state index in [-0.39, 0.29) is 5.91 Å². The summed E-state index contributed by atoms with van der Waals surface area (Å²) in [5, 5.41) is 0. The number of rotatable bonds is 7. The molecule has 156 valence electrons. The highest BCUT2D eigenvalue weighted by Crippen LogP contribution is 2.14. The highest BCUT2D eigenvalue weighted by atomic mass is 16.3. The molecule has 0 unspecified atom stereocenters. The third kappa shape index (κ3) is 4.83. The van der Waals surface area contributed by atoms with Gasteiger partial charge in [-0.2, -0.15) is 0 Å². The molecule has 2 aromatic heterocycles. The maximum absolute atomic E-state index is 12.9. The molecule has 4 rings (SSSR count). The lowest BCUT2D eigenvalue weighted by atomic mass is 10.2. The zero-order valence-corrected chi connectivity index (χ0v) is 17.1. The second-order valence-electron chi connectivity index (χ2n) is 7.24. The summed E-state index contributed by atoms with van der Waals surface area (Å²) >= 11 is 0. The summed E-state index contributed by atoms with van der Waals surface area (Å²) in [5.41, 5.74) is 1.45. The van der Waals surface area contributed by atoms with E-state index in [0.29, 0.717) is 31.2 Å². The Kier molecular flexibility index (Phi) is 6.34. The van der Waals surface area contributed by atoms with Gasteiger partial charge in [0, 0.05) is 51.7 Å².